The number of carbonyl (C=O) groups excluding carboxylic acids is 4. The van der Waals surface area contributed by atoms with E-state index in [2.05, 4.69) is 5.43 Å². The number of benzene rings is 4. The second-order valence-electron chi connectivity index (χ2n) is 14.8. The second kappa shape index (κ2) is 13.9. The van der Waals surface area contributed by atoms with Crippen molar-refractivity contribution in [3.63, 3.8) is 0 Å². The number of hydrogen-bond donors (Lipinski definition) is 2. The lowest BCUT2D eigenvalue weighted by Gasteiger charge is -2.50. The zero-order valence-electron chi connectivity index (χ0n) is 30.5. The topological polar surface area (TPSA) is 197 Å². The Labute approximate surface area is 338 Å². The summed E-state index contributed by atoms with van der Waals surface area (Å²) in [6.07, 6.45) is 1.57. The van der Waals surface area contributed by atoms with Gasteiger partial charge in [-0.2, -0.15) is 5.01 Å². The minimum Gasteiger partial charge on any atom is -0.508 e. The molecule has 58 heavy (non-hydrogen) atoms. The Morgan fingerprint density at radius 2 is 1.50 bits per heavy atom. The zero-order valence-corrected chi connectivity index (χ0v) is 32.0. The molecule has 2 heterocycles. The van der Waals surface area contributed by atoms with Crippen molar-refractivity contribution in [3.8, 4) is 5.75 Å². The molecule has 15 nitrogen and oxygen atoms in total. The van der Waals surface area contributed by atoms with Crippen molar-refractivity contribution >= 4 is 75.3 Å². The lowest BCUT2D eigenvalue weighted by Crippen LogP contribution is -2.53. The molecule has 0 aromatic heterocycles. The number of nitrogens with zero attached hydrogens (tertiary/aromatic N) is 5. The molecular formula is C40H31Cl2FN6O9. The molecule has 4 amide bonds. The molecule has 0 radical (unpaired) electrons. The van der Waals surface area contributed by atoms with Gasteiger partial charge in [-0.1, -0.05) is 53.1 Å². The Morgan fingerprint density at radius 3 is 2.09 bits per heavy atom. The standard InChI is InChI=1S/C40H31Cl2FN6O9/c1-45(2)35-31(48(55)56)15-23(16-32(35)49(57)58)46-36(51)27-14-13-25-28(33(27)38(46)53)18-29-37(52)47(44-22-9-7-21(43)8-10-22)39(54)40(29,19-3-5-20(41)6-4-19)34(25)26-12-11-24(50)17-30(26)42/h3-13,15-17,27-29,33-34,44,50H,14,18H2,1-2H3. The number of rotatable bonds is 8. The number of hydrogen-bond acceptors (Lipinski definition) is 11. The SMILES string of the molecule is CN(C)c1c([N+](=O)[O-])cc(N2C(=O)C3CC=C4C(CC5C(=O)N(Nc6ccc(F)cc6)C(=O)C5(c5ccc(Cl)cc5)C4c4ccc(O)cc4Cl)C3C2=O)cc1[N+](=O)[O-]. The van der Waals surface area contributed by atoms with Crippen LogP contribution in [0.25, 0.3) is 0 Å². The number of nitro benzene ring substituents is 2. The molecule has 6 atom stereocenters. The summed E-state index contributed by atoms with van der Waals surface area (Å²) in [5.41, 5.74) is 0.458. The van der Waals surface area contributed by atoms with Crippen LogP contribution in [-0.2, 0) is 24.6 Å². The summed E-state index contributed by atoms with van der Waals surface area (Å²) in [4.78, 5) is 83.8. The molecule has 4 aliphatic rings. The van der Waals surface area contributed by atoms with E-state index in [1.165, 1.54) is 49.3 Å². The van der Waals surface area contributed by atoms with Gasteiger partial charge in [-0.3, -0.25) is 44.8 Å². The van der Waals surface area contributed by atoms with E-state index in [0.717, 1.165) is 34.2 Å². The Balaban J connectivity index is 1.31. The van der Waals surface area contributed by atoms with Gasteiger partial charge in [-0.15, -0.1) is 0 Å². The normalized spacial score (nSPS) is 24.9. The highest BCUT2D eigenvalue weighted by Crippen LogP contribution is 2.65. The predicted octanol–water partition coefficient (Wildman–Crippen LogP) is 6.91. The molecule has 2 aliphatic carbocycles. The van der Waals surface area contributed by atoms with Gasteiger partial charge >= 0.3 is 11.4 Å². The van der Waals surface area contributed by atoms with Crippen LogP contribution in [0, 0.1) is 49.7 Å². The van der Waals surface area contributed by atoms with Gasteiger partial charge in [0, 0.05) is 42.2 Å². The number of phenolic OH excluding ortho intramolecular Hbond substituents is 1. The van der Waals surface area contributed by atoms with Crippen LogP contribution in [-0.4, -0.2) is 57.7 Å². The number of fused-ring (bicyclic) bond motifs is 4. The van der Waals surface area contributed by atoms with E-state index in [-0.39, 0.29) is 40.7 Å². The minimum absolute atomic E-state index is 0.0369. The molecule has 0 bridgehead atoms. The maximum absolute atomic E-state index is 15.3. The summed E-state index contributed by atoms with van der Waals surface area (Å²) >= 11 is 13.2. The third-order valence-corrected chi connectivity index (χ3v) is 12.3. The lowest BCUT2D eigenvalue weighted by atomic mass is 9.49. The van der Waals surface area contributed by atoms with Gasteiger partial charge in [-0.05, 0) is 78.4 Å². The van der Waals surface area contributed by atoms with Gasteiger partial charge in [0.1, 0.15) is 11.6 Å². The average Bonchev–Trinajstić information content (AvgIpc) is 3.56. The number of imide groups is 2. The maximum atomic E-state index is 15.3. The molecule has 2 saturated heterocycles. The van der Waals surface area contributed by atoms with E-state index in [1.807, 2.05) is 0 Å². The number of phenols is 1. The highest BCUT2D eigenvalue weighted by atomic mass is 35.5. The number of nitrogens with one attached hydrogen (secondary N) is 1. The van der Waals surface area contributed by atoms with Crippen molar-refractivity contribution in [2.45, 2.75) is 24.2 Å². The van der Waals surface area contributed by atoms with Crippen molar-refractivity contribution in [2.75, 3.05) is 29.3 Å². The summed E-state index contributed by atoms with van der Waals surface area (Å²) in [5, 5.41) is 36.1. The van der Waals surface area contributed by atoms with E-state index >= 15 is 4.79 Å². The maximum Gasteiger partial charge on any atom is 0.301 e. The first kappa shape index (κ1) is 38.5. The first-order valence-electron chi connectivity index (χ1n) is 17.9. The number of carbonyl (C=O) groups is 4. The first-order chi connectivity index (χ1) is 27.6. The molecule has 4 aromatic rings. The number of allylic oxidation sites excluding steroid dienone is 2. The van der Waals surface area contributed by atoms with Gasteiger partial charge in [-0.25, -0.2) is 9.29 Å². The van der Waals surface area contributed by atoms with Gasteiger partial charge in [0.05, 0.1) is 44.4 Å². The van der Waals surface area contributed by atoms with Gasteiger partial charge in [0.15, 0.2) is 5.69 Å². The molecule has 6 unspecified atom stereocenters. The van der Waals surface area contributed by atoms with E-state index in [0.29, 0.717) is 21.7 Å². The Hall–Kier alpha value is -6.39. The largest absolute Gasteiger partial charge is 0.508 e. The minimum atomic E-state index is -1.75. The molecular weight excluding hydrogens is 798 g/mol. The van der Waals surface area contributed by atoms with E-state index < -0.39 is 85.7 Å². The second-order valence-corrected chi connectivity index (χ2v) is 15.7. The fourth-order valence-corrected chi connectivity index (χ4v) is 9.87. The van der Waals surface area contributed by atoms with Crippen LogP contribution in [0.15, 0.2) is 90.5 Å². The van der Waals surface area contributed by atoms with Crippen LogP contribution < -0.4 is 15.2 Å². The fourth-order valence-electron chi connectivity index (χ4n) is 9.46. The third kappa shape index (κ3) is 5.68. The van der Waals surface area contributed by atoms with Crippen molar-refractivity contribution in [1.29, 1.82) is 0 Å². The molecule has 296 valence electrons. The number of nitro groups is 2. The highest BCUT2D eigenvalue weighted by Gasteiger charge is 2.70. The van der Waals surface area contributed by atoms with Crippen molar-refractivity contribution in [1.82, 2.24) is 5.01 Å². The lowest BCUT2D eigenvalue weighted by molar-refractivity contribution is -0.392. The van der Waals surface area contributed by atoms with E-state index in [9.17, 15) is 44.1 Å². The van der Waals surface area contributed by atoms with Crippen LogP contribution in [0.1, 0.15) is 29.9 Å². The summed E-state index contributed by atoms with van der Waals surface area (Å²) in [5.74, 6) is -9.04. The number of amides is 4. The Kier molecular flexibility index (Phi) is 9.23. The van der Waals surface area contributed by atoms with E-state index in [1.54, 1.807) is 30.3 Å². The third-order valence-electron chi connectivity index (χ3n) is 11.7. The molecule has 1 saturated carbocycles. The molecule has 0 spiro atoms. The zero-order chi connectivity index (χ0) is 41.5. The number of hydrazine groups is 1. The molecule has 8 rings (SSSR count). The van der Waals surface area contributed by atoms with Gasteiger partial charge in [0.25, 0.3) is 11.8 Å². The van der Waals surface area contributed by atoms with Crippen molar-refractivity contribution < 1.29 is 38.5 Å². The number of anilines is 3. The van der Waals surface area contributed by atoms with Crippen LogP contribution in [0.2, 0.25) is 10.0 Å². The molecule has 3 fully saturated rings. The number of aromatic hydroxyl groups is 1. The highest BCUT2D eigenvalue weighted by molar-refractivity contribution is 6.32. The fraction of sp³-hybridized carbons (Fsp3) is 0.250. The van der Waals surface area contributed by atoms with Crippen molar-refractivity contribution in [2.24, 2.45) is 23.7 Å². The summed E-state index contributed by atoms with van der Waals surface area (Å²) in [7, 11) is 2.77. The van der Waals surface area contributed by atoms with Gasteiger partial charge in [0.2, 0.25) is 11.8 Å². The van der Waals surface area contributed by atoms with Gasteiger partial charge < -0.3 is 10.0 Å². The first-order valence-corrected chi connectivity index (χ1v) is 18.7. The van der Waals surface area contributed by atoms with Crippen molar-refractivity contribution in [3.05, 3.63) is 138 Å². The summed E-state index contributed by atoms with van der Waals surface area (Å²) in [6.45, 7) is 0. The predicted molar refractivity (Wildman–Crippen MR) is 209 cm³/mol. The number of halogens is 3. The van der Waals surface area contributed by atoms with Crippen LogP contribution in [0.5, 0.6) is 5.75 Å². The molecule has 2 N–H and O–H groups in total. The average molecular weight is 830 g/mol. The Morgan fingerprint density at radius 1 is 0.862 bits per heavy atom. The van der Waals surface area contributed by atoms with E-state index in [4.69, 9.17) is 23.2 Å². The monoisotopic (exact) mass is 828 g/mol. The summed E-state index contributed by atoms with van der Waals surface area (Å²) < 4.78 is 13.9. The quantitative estimate of drug-likeness (QED) is 0.0811. The molecule has 2 aliphatic heterocycles. The van der Waals surface area contributed by atoms with Crippen LogP contribution in [0.4, 0.5) is 32.8 Å². The Bertz CT molecular complexity index is 2480. The smallest absolute Gasteiger partial charge is 0.301 e. The molecule has 18 heteroatoms. The van der Waals surface area contributed by atoms with Crippen LogP contribution >= 0.6 is 23.2 Å². The molecule has 4 aromatic carbocycles. The summed E-state index contributed by atoms with van der Waals surface area (Å²) in [6, 6.07) is 17.5. The van der Waals surface area contributed by atoms with Crippen LogP contribution in [0.3, 0.4) is 0 Å².